The summed E-state index contributed by atoms with van der Waals surface area (Å²) in [5.74, 6) is 0. The average molecular weight is 503 g/mol. The molecule has 0 aliphatic rings. The minimum Gasteiger partial charge on any atom is -0.353 e. The molecule has 0 spiro atoms. The Morgan fingerprint density at radius 2 is 0.886 bits per heavy atom. The van der Waals surface area contributed by atoms with Crippen LogP contribution < -0.4 is 0 Å². The van der Waals surface area contributed by atoms with E-state index in [9.17, 15) is 0 Å². The van der Waals surface area contributed by atoms with Crippen molar-refractivity contribution < 1.29 is 33.2 Å². The van der Waals surface area contributed by atoms with Gasteiger partial charge in [0.05, 0.1) is 0 Å². The van der Waals surface area contributed by atoms with Crippen LogP contribution in [-0.2, 0) is 33.2 Å². The van der Waals surface area contributed by atoms with Crippen molar-refractivity contribution in [1.82, 2.24) is 0 Å². The molecule has 0 saturated carbocycles. The molecule has 0 N–H and O–H groups in total. The molecule has 0 aliphatic carbocycles. The molecule has 0 fully saturated rings. The third-order valence-corrected chi connectivity index (χ3v) is 5.35. The van der Waals surface area contributed by atoms with Crippen molar-refractivity contribution in [3.63, 3.8) is 0 Å². The highest BCUT2D eigenvalue weighted by Gasteiger charge is 2.11. The number of ether oxygens (including phenoxy) is 7. The van der Waals surface area contributed by atoms with Crippen LogP contribution >= 0.6 is 0 Å². The highest BCUT2D eigenvalue weighted by atomic mass is 16.8. The van der Waals surface area contributed by atoms with Crippen molar-refractivity contribution in [2.45, 2.75) is 117 Å². The molecule has 0 rings (SSSR count). The number of allylic oxidation sites excluding steroid dienone is 2. The molecule has 2 unspecified atom stereocenters. The summed E-state index contributed by atoms with van der Waals surface area (Å²) >= 11 is 0. The molecule has 7 nitrogen and oxygen atoms in total. The van der Waals surface area contributed by atoms with Gasteiger partial charge in [-0.15, -0.1) is 0 Å². The van der Waals surface area contributed by atoms with Gasteiger partial charge in [-0.2, -0.15) is 0 Å². The number of hydrogen-bond acceptors (Lipinski definition) is 7. The molecular weight excluding hydrogens is 448 g/mol. The summed E-state index contributed by atoms with van der Waals surface area (Å²) in [6.45, 7) is 10.8. The number of unbranched alkanes of at least 4 members (excludes halogenated alkanes) is 6. The molecule has 0 aliphatic heterocycles. The van der Waals surface area contributed by atoms with Gasteiger partial charge in [-0.05, 0) is 91.2 Å². The van der Waals surface area contributed by atoms with Crippen LogP contribution in [0.15, 0.2) is 24.3 Å². The van der Waals surface area contributed by atoms with E-state index in [0.717, 1.165) is 64.2 Å². The van der Waals surface area contributed by atoms with Crippen molar-refractivity contribution in [2.75, 3.05) is 40.6 Å². The third kappa shape index (κ3) is 21.0. The summed E-state index contributed by atoms with van der Waals surface area (Å²) in [5.41, 5.74) is 0. The minimum absolute atomic E-state index is 0.0704. The standard InChI is InChI=1S/C28H54O7/c1-7-31-27(32-8-2)23-19-15-11-13-17-21-25(29-5)35-26(30-6)22-18-14-12-16-20-24-28(33-9-3)34-10-4/h17-18,21-22,25-28H,7-16,19-20,23-24H2,1-6H3. The summed E-state index contributed by atoms with van der Waals surface area (Å²) in [7, 11) is 3.29. The van der Waals surface area contributed by atoms with Crippen LogP contribution in [0.2, 0.25) is 0 Å². The number of methoxy groups -OCH3 is 2. The molecule has 0 aromatic heterocycles. The molecule has 208 valence electrons. The largest absolute Gasteiger partial charge is 0.353 e. The van der Waals surface area contributed by atoms with E-state index in [0.29, 0.717) is 26.4 Å². The number of hydrogen-bond donors (Lipinski definition) is 0. The van der Waals surface area contributed by atoms with Crippen LogP contribution in [0.5, 0.6) is 0 Å². The average Bonchev–Trinajstić information content (AvgIpc) is 2.86. The fourth-order valence-corrected chi connectivity index (χ4v) is 3.58. The highest BCUT2D eigenvalue weighted by Crippen LogP contribution is 2.13. The Bertz CT molecular complexity index is 430. The maximum Gasteiger partial charge on any atom is 0.179 e. The number of rotatable bonds is 26. The monoisotopic (exact) mass is 502 g/mol. The second-order valence-electron chi connectivity index (χ2n) is 8.16. The lowest BCUT2D eigenvalue weighted by molar-refractivity contribution is -0.188. The van der Waals surface area contributed by atoms with Crippen LogP contribution in [0.3, 0.4) is 0 Å². The molecule has 2 atom stereocenters. The van der Waals surface area contributed by atoms with Crippen LogP contribution in [-0.4, -0.2) is 65.8 Å². The maximum absolute atomic E-state index is 5.89. The van der Waals surface area contributed by atoms with Gasteiger partial charge in [-0.1, -0.05) is 25.0 Å². The lowest BCUT2D eigenvalue weighted by Gasteiger charge is -2.18. The first-order valence-corrected chi connectivity index (χ1v) is 13.7. The van der Waals surface area contributed by atoms with Crippen molar-refractivity contribution in [3.8, 4) is 0 Å². The van der Waals surface area contributed by atoms with Gasteiger partial charge in [0.1, 0.15) is 0 Å². The second kappa shape index (κ2) is 26.3. The Labute approximate surface area is 215 Å². The van der Waals surface area contributed by atoms with Gasteiger partial charge >= 0.3 is 0 Å². The van der Waals surface area contributed by atoms with E-state index in [1.54, 1.807) is 14.2 Å². The summed E-state index contributed by atoms with van der Waals surface area (Å²) in [6, 6.07) is 0. The normalized spacial score (nSPS) is 14.2. The van der Waals surface area contributed by atoms with E-state index in [1.807, 2.05) is 39.8 Å². The van der Waals surface area contributed by atoms with Gasteiger partial charge < -0.3 is 33.2 Å². The topological polar surface area (TPSA) is 64.6 Å². The van der Waals surface area contributed by atoms with Crippen molar-refractivity contribution in [2.24, 2.45) is 0 Å². The summed E-state index contributed by atoms with van der Waals surface area (Å²) in [4.78, 5) is 0. The van der Waals surface area contributed by atoms with E-state index in [2.05, 4.69) is 12.2 Å². The Morgan fingerprint density at radius 3 is 1.20 bits per heavy atom. The lowest BCUT2D eigenvalue weighted by atomic mass is 10.1. The molecule has 35 heavy (non-hydrogen) atoms. The molecule has 0 bridgehead atoms. The fourth-order valence-electron chi connectivity index (χ4n) is 3.58. The first kappa shape index (κ1) is 34.2. The van der Waals surface area contributed by atoms with E-state index >= 15 is 0 Å². The zero-order valence-electron chi connectivity index (χ0n) is 23.4. The van der Waals surface area contributed by atoms with Crippen molar-refractivity contribution in [1.29, 1.82) is 0 Å². The summed E-state index contributed by atoms with van der Waals surface area (Å²) < 4.78 is 39.1. The van der Waals surface area contributed by atoms with E-state index in [-0.39, 0.29) is 12.6 Å². The smallest absolute Gasteiger partial charge is 0.179 e. The summed E-state index contributed by atoms with van der Waals surface area (Å²) in [5, 5.41) is 0. The third-order valence-electron chi connectivity index (χ3n) is 5.35. The van der Waals surface area contributed by atoms with E-state index in [4.69, 9.17) is 33.2 Å². The predicted molar refractivity (Wildman–Crippen MR) is 141 cm³/mol. The first-order chi connectivity index (χ1) is 17.1. The zero-order chi connectivity index (χ0) is 26.0. The van der Waals surface area contributed by atoms with Crippen molar-refractivity contribution >= 4 is 0 Å². The van der Waals surface area contributed by atoms with Gasteiger partial charge in [0.2, 0.25) is 0 Å². The predicted octanol–water partition coefficient (Wildman–Crippen LogP) is 6.76. The molecule has 0 radical (unpaired) electrons. The molecule has 0 aromatic rings. The van der Waals surface area contributed by atoms with Gasteiger partial charge in [0.25, 0.3) is 0 Å². The zero-order valence-corrected chi connectivity index (χ0v) is 23.4. The van der Waals surface area contributed by atoms with Gasteiger partial charge in [0, 0.05) is 40.6 Å². The maximum atomic E-state index is 5.89. The van der Waals surface area contributed by atoms with E-state index < -0.39 is 12.6 Å². The molecule has 0 saturated heterocycles. The molecular formula is C28H54O7. The van der Waals surface area contributed by atoms with Crippen molar-refractivity contribution in [3.05, 3.63) is 24.3 Å². The van der Waals surface area contributed by atoms with Crippen LogP contribution in [0.4, 0.5) is 0 Å². The molecule has 0 heterocycles. The second-order valence-corrected chi connectivity index (χ2v) is 8.16. The van der Waals surface area contributed by atoms with Crippen LogP contribution in [0, 0.1) is 0 Å². The fraction of sp³-hybridized carbons (Fsp3) is 0.857. The first-order valence-electron chi connectivity index (χ1n) is 13.7. The summed E-state index contributed by atoms with van der Waals surface area (Å²) in [6.07, 6.45) is 17.7. The minimum atomic E-state index is -0.432. The molecule has 7 heteroatoms. The van der Waals surface area contributed by atoms with Crippen LogP contribution in [0.25, 0.3) is 0 Å². The van der Waals surface area contributed by atoms with E-state index in [1.165, 1.54) is 0 Å². The Kier molecular flexibility index (Phi) is 25.7. The highest BCUT2D eigenvalue weighted by molar-refractivity contribution is 4.89. The SMILES string of the molecule is CCOC(CCCCCC=CC(OC)OC(C=CCCCCCC(OCC)OCC)OC)OCC. The van der Waals surface area contributed by atoms with Gasteiger partial charge in [-0.25, -0.2) is 0 Å². The lowest BCUT2D eigenvalue weighted by Crippen LogP contribution is -2.22. The Hall–Kier alpha value is -0.800. The quantitative estimate of drug-likeness (QED) is 0.0735. The molecule has 0 amide bonds. The Balaban J connectivity index is 4.06. The van der Waals surface area contributed by atoms with Gasteiger partial charge in [0.15, 0.2) is 25.2 Å². The van der Waals surface area contributed by atoms with Crippen LogP contribution in [0.1, 0.15) is 91.9 Å². The van der Waals surface area contributed by atoms with Gasteiger partial charge in [-0.3, -0.25) is 0 Å². The molecule has 0 aromatic carbocycles. The Morgan fingerprint density at radius 1 is 0.514 bits per heavy atom.